The first kappa shape index (κ1) is 15.2. The van der Waals surface area contributed by atoms with Gasteiger partial charge in [0.05, 0.1) is 6.10 Å². The van der Waals surface area contributed by atoms with Crippen molar-refractivity contribution >= 4 is 0 Å². The largest absolute Gasteiger partial charge is 0.393 e. The van der Waals surface area contributed by atoms with Gasteiger partial charge in [-0.15, -0.1) is 0 Å². The molecule has 2 nitrogen and oxygen atoms in total. The molecule has 0 amide bonds. The molecule has 0 aromatic carbocycles. The average molecular weight is 303 g/mol. The van der Waals surface area contributed by atoms with Gasteiger partial charge in [0.2, 0.25) is 0 Å². The van der Waals surface area contributed by atoms with Gasteiger partial charge in [-0.3, -0.25) is 0 Å². The Balaban J connectivity index is 1.60. The fourth-order valence-corrected chi connectivity index (χ4v) is 7.07. The zero-order valence-corrected chi connectivity index (χ0v) is 14.6. The first-order valence-electron chi connectivity index (χ1n) is 9.54. The fraction of sp³-hybridized carbons (Fsp3) is 0.900. The van der Waals surface area contributed by atoms with Crippen molar-refractivity contribution in [1.82, 2.24) is 4.90 Å². The van der Waals surface area contributed by atoms with Gasteiger partial charge in [-0.05, 0) is 94.5 Å². The molecule has 3 fully saturated rings. The van der Waals surface area contributed by atoms with E-state index in [0.717, 1.165) is 42.6 Å². The summed E-state index contributed by atoms with van der Waals surface area (Å²) in [5.74, 6) is 3.59. The van der Waals surface area contributed by atoms with E-state index < -0.39 is 0 Å². The summed E-state index contributed by atoms with van der Waals surface area (Å²) in [5, 5.41) is 9.98. The molecule has 4 aliphatic carbocycles. The molecule has 0 aliphatic heterocycles. The summed E-state index contributed by atoms with van der Waals surface area (Å²) < 4.78 is 0. The Morgan fingerprint density at radius 1 is 1.09 bits per heavy atom. The third kappa shape index (κ3) is 2.13. The van der Waals surface area contributed by atoms with Gasteiger partial charge in [0.25, 0.3) is 0 Å². The molecule has 22 heavy (non-hydrogen) atoms. The SMILES string of the molecule is CN(C)[C@H]1CC[C@H]2[C@@H]3CC=C4C[C@@H](O)CC[C@@H]4[C@H]3CC[C@]12C. The Labute approximate surface area is 136 Å². The van der Waals surface area contributed by atoms with Crippen LogP contribution in [0.15, 0.2) is 11.6 Å². The quantitative estimate of drug-likeness (QED) is 0.744. The van der Waals surface area contributed by atoms with Crippen molar-refractivity contribution in [2.45, 2.75) is 70.4 Å². The average Bonchev–Trinajstić information content (AvgIpc) is 2.84. The molecule has 0 aromatic rings. The number of allylic oxidation sites excluding steroid dienone is 1. The van der Waals surface area contributed by atoms with Crippen LogP contribution in [0.25, 0.3) is 0 Å². The standard InChI is InChI=1S/C20H33NO/c1-20-11-10-16-15-7-5-14(22)12-13(15)4-6-17(16)18(20)8-9-19(20)21(2)3/h4,14-19,22H,5-12H2,1-3H3/t14-,15-,16+,17+,18-,19-,20-/m0/s1. The van der Waals surface area contributed by atoms with Gasteiger partial charge in [-0.25, -0.2) is 0 Å². The number of aliphatic hydroxyl groups excluding tert-OH is 1. The molecule has 3 saturated carbocycles. The van der Waals surface area contributed by atoms with Crippen LogP contribution in [0.5, 0.6) is 0 Å². The lowest BCUT2D eigenvalue weighted by atomic mass is 9.52. The summed E-state index contributed by atoms with van der Waals surface area (Å²) in [6.45, 7) is 2.59. The Kier molecular flexibility index (Phi) is 3.69. The highest BCUT2D eigenvalue weighted by Crippen LogP contribution is 2.61. The fourth-order valence-electron chi connectivity index (χ4n) is 7.07. The minimum absolute atomic E-state index is 0.0579. The summed E-state index contributed by atoms with van der Waals surface area (Å²) in [6.07, 6.45) is 12.7. The highest BCUT2D eigenvalue weighted by atomic mass is 16.3. The first-order chi connectivity index (χ1) is 10.5. The van der Waals surface area contributed by atoms with Crippen molar-refractivity contribution in [2.75, 3.05) is 14.1 Å². The van der Waals surface area contributed by atoms with E-state index in [1.54, 1.807) is 5.57 Å². The van der Waals surface area contributed by atoms with Crippen molar-refractivity contribution in [2.24, 2.45) is 29.1 Å². The molecule has 4 aliphatic rings. The zero-order valence-electron chi connectivity index (χ0n) is 14.6. The lowest BCUT2D eigenvalue weighted by Gasteiger charge is -2.54. The predicted molar refractivity (Wildman–Crippen MR) is 90.6 cm³/mol. The van der Waals surface area contributed by atoms with E-state index in [4.69, 9.17) is 0 Å². The maximum Gasteiger partial charge on any atom is 0.0577 e. The molecule has 124 valence electrons. The molecule has 0 spiro atoms. The molecule has 7 atom stereocenters. The van der Waals surface area contributed by atoms with E-state index in [9.17, 15) is 5.11 Å². The van der Waals surface area contributed by atoms with Crippen LogP contribution in [0.1, 0.15) is 58.3 Å². The molecule has 0 bridgehead atoms. The molecular weight excluding hydrogens is 270 g/mol. The maximum absolute atomic E-state index is 9.98. The summed E-state index contributed by atoms with van der Waals surface area (Å²) in [4.78, 5) is 2.50. The molecule has 0 unspecified atom stereocenters. The number of aliphatic hydroxyl groups is 1. The Bertz CT molecular complexity index is 470. The third-order valence-electron chi connectivity index (χ3n) is 7.99. The lowest BCUT2D eigenvalue weighted by molar-refractivity contribution is -0.0252. The monoisotopic (exact) mass is 303 g/mol. The van der Waals surface area contributed by atoms with Crippen LogP contribution in [0.2, 0.25) is 0 Å². The second kappa shape index (κ2) is 5.34. The number of hydrogen-bond acceptors (Lipinski definition) is 2. The number of hydrogen-bond donors (Lipinski definition) is 1. The zero-order chi connectivity index (χ0) is 15.5. The highest BCUT2D eigenvalue weighted by Gasteiger charge is 2.56. The van der Waals surface area contributed by atoms with Crippen molar-refractivity contribution in [3.8, 4) is 0 Å². The van der Waals surface area contributed by atoms with Crippen LogP contribution in [0, 0.1) is 29.1 Å². The Morgan fingerprint density at radius 3 is 2.68 bits per heavy atom. The van der Waals surface area contributed by atoms with Gasteiger partial charge in [0.1, 0.15) is 0 Å². The smallest absolute Gasteiger partial charge is 0.0577 e. The summed E-state index contributed by atoms with van der Waals surface area (Å²) in [7, 11) is 4.57. The molecule has 1 N–H and O–H groups in total. The maximum atomic E-state index is 9.98. The van der Waals surface area contributed by atoms with E-state index in [-0.39, 0.29) is 6.10 Å². The molecule has 0 heterocycles. The lowest BCUT2D eigenvalue weighted by Crippen LogP contribution is -2.50. The molecular formula is C20H33NO. The van der Waals surface area contributed by atoms with E-state index in [1.807, 2.05) is 0 Å². The molecule has 2 heteroatoms. The molecule has 0 aromatic heterocycles. The normalized spacial score (nSPS) is 51.0. The van der Waals surface area contributed by atoms with Crippen molar-refractivity contribution in [3.63, 3.8) is 0 Å². The molecule has 0 radical (unpaired) electrons. The van der Waals surface area contributed by atoms with Gasteiger partial charge in [0, 0.05) is 6.04 Å². The summed E-state index contributed by atoms with van der Waals surface area (Å²) >= 11 is 0. The van der Waals surface area contributed by atoms with E-state index in [2.05, 4.69) is 32.0 Å². The summed E-state index contributed by atoms with van der Waals surface area (Å²) in [5.41, 5.74) is 2.16. The predicted octanol–water partition coefficient (Wildman–Crippen LogP) is 3.85. The van der Waals surface area contributed by atoms with E-state index in [1.165, 1.54) is 38.5 Å². The third-order valence-corrected chi connectivity index (χ3v) is 7.99. The van der Waals surface area contributed by atoms with Crippen LogP contribution >= 0.6 is 0 Å². The van der Waals surface area contributed by atoms with Crippen molar-refractivity contribution in [3.05, 3.63) is 11.6 Å². The Morgan fingerprint density at radius 2 is 1.91 bits per heavy atom. The van der Waals surface area contributed by atoms with Gasteiger partial charge < -0.3 is 10.0 Å². The first-order valence-corrected chi connectivity index (χ1v) is 9.54. The van der Waals surface area contributed by atoms with Crippen molar-refractivity contribution < 1.29 is 5.11 Å². The number of nitrogens with zero attached hydrogens (tertiary/aromatic N) is 1. The van der Waals surface area contributed by atoms with Crippen LogP contribution in [0.4, 0.5) is 0 Å². The van der Waals surface area contributed by atoms with Crippen LogP contribution in [-0.4, -0.2) is 36.2 Å². The molecule has 4 rings (SSSR count). The Hall–Kier alpha value is -0.340. The van der Waals surface area contributed by atoms with Crippen LogP contribution < -0.4 is 0 Å². The minimum atomic E-state index is -0.0579. The number of fused-ring (bicyclic) bond motifs is 5. The number of rotatable bonds is 1. The van der Waals surface area contributed by atoms with Crippen LogP contribution in [-0.2, 0) is 0 Å². The van der Waals surface area contributed by atoms with Gasteiger partial charge in [0.15, 0.2) is 0 Å². The van der Waals surface area contributed by atoms with Crippen molar-refractivity contribution in [1.29, 1.82) is 0 Å². The highest BCUT2D eigenvalue weighted by molar-refractivity contribution is 5.20. The minimum Gasteiger partial charge on any atom is -0.393 e. The van der Waals surface area contributed by atoms with Gasteiger partial charge in [-0.1, -0.05) is 18.6 Å². The molecule has 0 saturated heterocycles. The van der Waals surface area contributed by atoms with E-state index in [0.29, 0.717) is 5.41 Å². The van der Waals surface area contributed by atoms with Gasteiger partial charge in [-0.2, -0.15) is 0 Å². The second-order valence-electron chi connectivity index (χ2n) is 9.09. The summed E-state index contributed by atoms with van der Waals surface area (Å²) in [6, 6.07) is 0.789. The van der Waals surface area contributed by atoms with E-state index >= 15 is 0 Å². The van der Waals surface area contributed by atoms with Gasteiger partial charge >= 0.3 is 0 Å². The topological polar surface area (TPSA) is 23.5 Å². The second-order valence-corrected chi connectivity index (χ2v) is 9.09. The van der Waals surface area contributed by atoms with Crippen LogP contribution in [0.3, 0.4) is 0 Å².